The Hall–Kier alpha value is -0.730. The van der Waals surface area contributed by atoms with E-state index in [-0.39, 0.29) is 0 Å². The summed E-state index contributed by atoms with van der Waals surface area (Å²) in [5, 5.41) is -6.87. The molecule has 0 aromatic heterocycles. The maximum absolute atomic E-state index is 13.1. The summed E-state index contributed by atoms with van der Waals surface area (Å²) in [5.41, 5.74) is -7.71. The van der Waals surface area contributed by atoms with Gasteiger partial charge in [-0.3, -0.25) is 0 Å². The number of alkyl halides is 15. The average Bonchev–Trinajstić information content (AvgIpc) is 2.05. The van der Waals surface area contributed by atoms with Crippen molar-refractivity contribution in [3.63, 3.8) is 0 Å². The van der Waals surface area contributed by atoms with E-state index >= 15 is 0 Å². The van der Waals surface area contributed by atoms with Crippen molar-refractivity contribution < 1.29 is 61.5 Å². The van der Waals surface area contributed by atoms with Crippen molar-refractivity contribution in [3.8, 4) is 0 Å². The fraction of sp³-hybridized carbons (Fsp3) is 1.00. The van der Waals surface area contributed by atoms with Gasteiger partial charge < -0.3 is 0 Å². The lowest BCUT2D eigenvalue weighted by atomic mass is 10.0. The molecule has 0 aromatic carbocycles. The van der Waals surface area contributed by atoms with E-state index < -0.39 is 40.8 Å². The SMILES string of the molecule is FC(F)(F)N(C(F)(F)F)C(F)(F)C(F)(C(F)(F)F)C(F)(F)Cl. The van der Waals surface area contributed by atoms with Crippen LogP contribution in [0.3, 0.4) is 0 Å². The summed E-state index contributed by atoms with van der Waals surface area (Å²) in [6.45, 7) is 0. The molecule has 0 aromatic rings. The van der Waals surface area contributed by atoms with Crippen molar-refractivity contribution in [2.24, 2.45) is 0 Å². The minimum atomic E-state index is -7.88. The number of nitrogens with zero attached hydrogens (tertiary/aromatic N) is 1. The Kier molecular flexibility index (Phi) is 4.97. The second kappa shape index (κ2) is 5.14. The quantitative estimate of drug-likeness (QED) is 0.373. The van der Waals surface area contributed by atoms with Crippen molar-refractivity contribution in [1.29, 1.82) is 0 Å². The molecule has 22 heavy (non-hydrogen) atoms. The van der Waals surface area contributed by atoms with E-state index in [2.05, 4.69) is 11.6 Å². The number of hydrogen-bond donors (Lipinski definition) is 0. The van der Waals surface area contributed by atoms with Crippen LogP contribution < -0.4 is 0 Å². The Morgan fingerprint density at radius 2 is 0.818 bits per heavy atom. The molecule has 0 bridgehead atoms. The van der Waals surface area contributed by atoms with Crippen LogP contribution in [-0.2, 0) is 0 Å². The molecule has 0 heterocycles. The van der Waals surface area contributed by atoms with E-state index in [9.17, 15) is 61.5 Å². The third-order valence-electron chi connectivity index (χ3n) is 1.98. The molecule has 0 rings (SSSR count). The summed E-state index contributed by atoms with van der Waals surface area (Å²) < 4.78 is 171. The summed E-state index contributed by atoms with van der Waals surface area (Å²) in [5.74, 6) is 0. The van der Waals surface area contributed by atoms with Gasteiger partial charge in [-0.2, -0.15) is 57.1 Å². The van der Waals surface area contributed by atoms with E-state index in [0.717, 1.165) is 0 Å². The molecule has 1 unspecified atom stereocenters. The van der Waals surface area contributed by atoms with Gasteiger partial charge in [0.25, 0.3) is 0 Å². The van der Waals surface area contributed by atoms with Crippen LogP contribution in [0.25, 0.3) is 0 Å². The van der Waals surface area contributed by atoms with Gasteiger partial charge >= 0.3 is 35.9 Å². The van der Waals surface area contributed by atoms with Gasteiger partial charge in [-0.15, -0.1) is 0 Å². The molecular weight excluding hydrogens is 387 g/mol. The highest BCUT2D eigenvalue weighted by atomic mass is 35.5. The van der Waals surface area contributed by atoms with Gasteiger partial charge in [-0.05, 0) is 11.6 Å². The molecule has 0 N–H and O–H groups in total. The van der Waals surface area contributed by atoms with Crippen molar-refractivity contribution >= 4 is 11.6 Å². The highest BCUT2D eigenvalue weighted by Gasteiger charge is 2.89. The van der Waals surface area contributed by atoms with E-state index in [1.807, 2.05) is 0 Å². The zero-order chi connectivity index (χ0) is 18.6. The minimum absolute atomic E-state index is 3.38. The maximum atomic E-state index is 13.1. The summed E-state index contributed by atoms with van der Waals surface area (Å²) in [7, 11) is 0. The zero-order valence-electron chi connectivity index (χ0n) is 9.12. The minimum Gasteiger partial charge on any atom is -0.217 e. The molecule has 0 saturated carbocycles. The van der Waals surface area contributed by atoms with Crippen LogP contribution in [0, 0.1) is 0 Å². The van der Waals surface area contributed by atoms with Crippen LogP contribution in [0.5, 0.6) is 0 Å². The zero-order valence-corrected chi connectivity index (χ0v) is 9.87. The molecule has 0 amide bonds. The van der Waals surface area contributed by atoms with E-state index in [1.165, 1.54) is 0 Å². The van der Waals surface area contributed by atoms with E-state index in [1.54, 1.807) is 0 Å². The largest absolute Gasteiger partial charge is 0.472 e. The van der Waals surface area contributed by atoms with Crippen molar-refractivity contribution in [2.45, 2.75) is 35.9 Å². The molecule has 0 spiro atoms. The Balaban J connectivity index is 6.58. The van der Waals surface area contributed by atoms with Crippen LogP contribution in [0.4, 0.5) is 61.5 Å². The van der Waals surface area contributed by atoms with Crippen LogP contribution in [0.1, 0.15) is 0 Å². The molecule has 1 nitrogen and oxygen atoms in total. The molecule has 0 aliphatic heterocycles. The van der Waals surface area contributed by atoms with Crippen molar-refractivity contribution in [2.75, 3.05) is 0 Å². The van der Waals surface area contributed by atoms with Crippen LogP contribution in [0.2, 0.25) is 0 Å². The van der Waals surface area contributed by atoms with Crippen LogP contribution >= 0.6 is 11.6 Å². The predicted octanol–water partition coefficient (Wildman–Crippen LogP) is 5.02. The maximum Gasteiger partial charge on any atom is 0.472 e. The Bertz CT molecular complexity index is 370. The normalized spacial score (nSPS) is 18.5. The number of rotatable bonds is 3. The topological polar surface area (TPSA) is 3.24 Å². The van der Waals surface area contributed by atoms with Gasteiger partial charge in [0.05, 0.1) is 0 Å². The van der Waals surface area contributed by atoms with Gasteiger partial charge in [0.2, 0.25) is 0 Å². The highest BCUT2D eigenvalue weighted by Crippen LogP contribution is 2.59. The van der Waals surface area contributed by atoms with Gasteiger partial charge in [0, 0.05) is 0 Å². The molecule has 16 heteroatoms. The Labute approximate surface area is 115 Å². The third kappa shape index (κ3) is 3.28. The van der Waals surface area contributed by atoms with Gasteiger partial charge in [0.1, 0.15) is 0 Å². The molecule has 0 fully saturated rings. The first-order chi connectivity index (χ1) is 9.12. The van der Waals surface area contributed by atoms with Crippen molar-refractivity contribution in [3.05, 3.63) is 0 Å². The lowest BCUT2D eigenvalue weighted by Crippen LogP contribution is -2.74. The second-order valence-corrected chi connectivity index (χ2v) is 3.94. The second-order valence-electron chi connectivity index (χ2n) is 3.47. The van der Waals surface area contributed by atoms with E-state index in [4.69, 9.17) is 0 Å². The smallest absolute Gasteiger partial charge is 0.217 e. The van der Waals surface area contributed by atoms with Crippen LogP contribution in [0.15, 0.2) is 0 Å². The first-order valence-corrected chi connectivity index (χ1v) is 4.63. The van der Waals surface area contributed by atoms with Crippen LogP contribution in [-0.4, -0.2) is 40.8 Å². The number of hydrogen-bond acceptors (Lipinski definition) is 1. The van der Waals surface area contributed by atoms with Gasteiger partial charge in [0.15, 0.2) is 0 Å². The summed E-state index contributed by atoms with van der Waals surface area (Å²) in [4.78, 5) is -4.25. The summed E-state index contributed by atoms with van der Waals surface area (Å²) >= 11 is 3.38. The standard InChI is InChI=1S/C6ClF14N/c7-2(9,10)1(8,3(11,12)13)4(14,15)22(5(16,17)18)6(19,20)21. The summed E-state index contributed by atoms with van der Waals surface area (Å²) in [6, 6.07) is -7.88. The van der Waals surface area contributed by atoms with Gasteiger partial charge in [-0.25, -0.2) is 4.39 Å². The summed E-state index contributed by atoms with van der Waals surface area (Å²) in [6.07, 6.45) is -22.4. The molecule has 0 saturated heterocycles. The van der Waals surface area contributed by atoms with E-state index in [0.29, 0.717) is 0 Å². The fourth-order valence-corrected chi connectivity index (χ4v) is 1.34. The molecule has 0 aliphatic carbocycles. The molecule has 0 aliphatic rings. The Morgan fingerprint density at radius 3 is 0.955 bits per heavy atom. The monoisotopic (exact) mass is 387 g/mol. The fourth-order valence-electron chi connectivity index (χ4n) is 1.12. The lowest BCUT2D eigenvalue weighted by Gasteiger charge is -2.42. The molecule has 1 atom stereocenters. The highest BCUT2D eigenvalue weighted by molar-refractivity contribution is 6.22. The number of halogens is 15. The third-order valence-corrected chi connectivity index (χ3v) is 2.24. The first kappa shape index (κ1) is 21.3. The van der Waals surface area contributed by atoms with Gasteiger partial charge in [-0.1, -0.05) is 4.90 Å². The molecule has 0 radical (unpaired) electrons. The lowest BCUT2D eigenvalue weighted by molar-refractivity contribution is -0.486. The first-order valence-electron chi connectivity index (χ1n) is 4.26. The average molecular weight is 387 g/mol. The van der Waals surface area contributed by atoms with Crippen molar-refractivity contribution in [1.82, 2.24) is 4.90 Å². The predicted molar refractivity (Wildman–Crippen MR) is 39.6 cm³/mol. The molecule has 134 valence electrons. The molecular formula is C6ClF14N. The Morgan fingerprint density at radius 1 is 0.545 bits per heavy atom.